The molecule has 3 aliphatic rings. The van der Waals surface area contributed by atoms with Crippen LogP contribution in [-0.4, -0.2) is 68.3 Å². The van der Waals surface area contributed by atoms with E-state index >= 15 is 0 Å². The summed E-state index contributed by atoms with van der Waals surface area (Å²) in [7, 11) is -1.36. The average Bonchev–Trinajstić information content (AvgIpc) is 3.67. The van der Waals surface area contributed by atoms with Crippen LogP contribution >= 0.6 is 11.6 Å². The van der Waals surface area contributed by atoms with Gasteiger partial charge in [0.1, 0.15) is 5.02 Å². The van der Waals surface area contributed by atoms with Gasteiger partial charge in [0.25, 0.3) is 0 Å². The maximum absolute atomic E-state index is 11.9. The van der Waals surface area contributed by atoms with E-state index in [2.05, 4.69) is 43.4 Å². The molecule has 2 aliphatic carbocycles. The molecule has 0 radical (unpaired) electrons. The van der Waals surface area contributed by atoms with Crippen molar-refractivity contribution in [2.24, 2.45) is 5.92 Å². The number of hydrogen-bond acceptors (Lipinski definition) is 8. The number of nitrogens with zero attached hydrogens (tertiary/aromatic N) is 4. The van der Waals surface area contributed by atoms with E-state index in [0.717, 1.165) is 62.6 Å². The molecule has 1 aliphatic heterocycles. The zero-order valence-electron chi connectivity index (χ0n) is 21.0. The van der Waals surface area contributed by atoms with Crippen LogP contribution in [-0.2, 0) is 16.6 Å². The molecule has 0 saturated heterocycles. The van der Waals surface area contributed by atoms with Crippen molar-refractivity contribution in [1.82, 2.24) is 19.6 Å². The minimum absolute atomic E-state index is 0.0886. The lowest BCUT2D eigenvalue weighted by molar-refractivity contribution is 0.269. The van der Waals surface area contributed by atoms with Gasteiger partial charge in [-0.05, 0) is 49.3 Å². The molecule has 9 nitrogen and oxygen atoms in total. The Morgan fingerprint density at radius 1 is 1.19 bits per heavy atom. The number of nitrogens with one attached hydrogen (secondary N) is 3. The van der Waals surface area contributed by atoms with Crippen molar-refractivity contribution in [3.8, 4) is 0 Å². The van der Waals surface area contributed by atoms with Crippen molar-refractivity contribution in [1.29, 1.82) is 0 Å². The Balaban J connectivity index is 1.32. The predicted molar refractivity (Wildman–Crippen MR) is 146 cm³/mol. The van der Waals surface area contributed by atoms with E-state index in [1.54, 1.807) is 6.20 Å². The lowest BCUT2D eigenvalue weighted by Crippen LogP contribution is -2.48. The molecule has 0 bridgehead atoms. The summed E-state index contributed by atoms with van der Waals surface area (Å²) in [6.45, 7) is 4.15. The molecule has 0 spiro atoms. The van der Waals surface area contributed by atoms with Crippen molar-refractivity contribution in [3.05, 3.63) is 35.0 Å². The number of rotatable bonds is 8. The highest BCUT2D eigenvalue weighted by Crippen LogP contribution is 2.33. The maximum Gasteiger partial charge on any atom is 0.231 e. The van der Waals surface area contributed by atoms with E-state index in [1.807, 2.05) is 11.9 Å². The summed E-state index contributed by atoms with van der Waals surface area (Å²) >= 11 is 6.45. The van der Waals surface area contributed by atoms with Crippen LogP contribution in [0.15, 0.2) is 24.4 Å². The van der Waals surface area contributed by atoms with Gasteiger partial charge in [-0.1, -0.05) is 30.5 Å². The van der Waals surface area contributed by atoms with E-state index in [1.165, 1.54) is 31.2 Å². The first-order valence-corrected chi connectivity index (χ1v) is 15.1. The fourth-order valence-electron chi connectivity index (χ4n) is 5.20. The van der Waals surface area contributed by atoms with Gasteiger partial charge in [-0.3, -0.25) is 4.90 Å². The molecule has 11 heteroatoms. The Hall–Kier alpha value is -2.14. The van der Waals surface area contributed by atoms with E-state index in [0.29, 0.717) is 16.8 Å². The normalized spacial score (nSPS) is 22.9. The highest BCUT2D eigenvalue weighted by Gasteiger charge is 2.29. The van der Waals surface area contributed by atoms with Gasteiger partial charge >= 0.3 is 0 Å². The lowest BCUT2D eigenvalue weighted by atomic mass is 9.91. The number of fused-ring (bicyclic) bond motifs is 1. The minimum Gasteiger partial charge on any atom is -0.383 e. The SMILES string of the molecule is CN(c1ccc2c(c1)NCCN(CC1CC1)C2)c1ncc(Cl)c(N[C@@H]2CCCC[C@H]2NS(C)(=O)=O)n1. The molecule has 5 rings (SSSR count). The summed E-state index contributed by atoms with van der Waals surface area (Å²) in [6.07, 6.45) is 9.16. The van der Waals surface area contributed by atoms with E-state index in [9.17, 15) is 8.42 Å². The second-order valence-electron chi connectivity index (χ2n) is 10.4. The fourth-order valence-corrected chi connectivity index (χ4v) is 6.17. The van der Waals surface area contributed by atoms with E-state index in [-0.39, 0.29) is 12.1 Å². The van der Waals surface area contributed by atoms with Gasteiger partial charge in [0.05, 0.1) is 12.5 Å². The Morgan fingerprint density at radius 3 is 2.72 bits per heavy atom. The van der Waals surface area contributed by atoms with Gasteiger partial charge in [-0.2, -0.15) is 4.98 Å². The molecule has 2 atom stereocenters. The van der Waals surface area contributed by atoms with Crippen LogP contribution in [0.3, 0.4) is 0 Å². The largest absolute Gasteiger partial charge is 0.383 e. The Kier molecular flexibility index (Phi) is 7.57. The second-order valence-corrected chi connectivity index (χ2v) is 12.6. The molecule has 0 amide bonds. The molecule has 1 aromatic carbocycles. The summed E-state index contributed by atoms with van der Waals surface area (Å²) in [5.41, 5.74) is 3.45. The number of hydrogen-bond donors (Lipinski definition) is 3. The minimum atomic E-state index is -3.31. The molecule has 0 unspecified atom stereocenters. The number of anilines is 4. The van der Waals surface area contributed by atoms with E-state index in [4.69, 9.17) is 16.6 Å². The third-order valence-electron chi connectivity index (χ3n) is 7.32. The van der Waals surface area contributed by atoms with Crippen LogP contribution < -0.4 is 20.3 Å². The third kappa shape index (κ3) is 6.40. The maximum atomic E-state index is 11.9. The summed E-state index contributed by atoms with van der Waals surface area (Å²) in [4.78, 5) is 13.7. The molecule has 2 saturated carbocycles. The quantitative estimate of drug-likeness (QED) is 0.471. The first-order valence-electron chi connectivity index (χ1n) is 12.8. The standard InChI is InChI=1S/C25H36ClN7O2S/c1-32(19-10-9-18-16-33(15-17-7-8-17)12-11-27-23(18)13-19)25-28-14-20(26)24(30-25)29-21-5-3-4-6-22(21)31-36(2,34)35/h9-10,13-14,17,21-22,27,31H,3-8,11-12,15-16H2,1-2H3,(H,28,29,30)/t21-,22-/m1/s1. The van der Waals surface area contributed by atoms with Gasteiger partial charge in [0.15, 0.2) is 5.82 Å². The predicted octanol–water partition coefficient (Wildman–Crippen LogP) is 3.81. The number of aromatic nitrogens is 2. The van der Waals surface area contributed by atoms with Gasteiger partial charge in [-0.25, -0.2) is 18.1 Å². The second kappa shape index (κ2) is 10.7. The number of sulfonamides is 1. The molecule has 196 valence electrons. The number of halogens is 1. The summed E-state index contributed by atoms with van der Waals surface area (Å²) in [5, 5.41) is 7.40. The first kappa shape index (κ1) is 25.5. The molecule has 36 heavy (non-hydrogen) atoms. The summed E-state index contributed by atoms with van der Waals surface area (Å²) in [6, 6.07) is 6.18. The molecular formula is C25H36ClN7O2S. The highest BCUT2D eigenvalue weighted by molar-refractivity contribution is 7.88. The van der Waals surface area contributed by atoms with Gasteiger partial charge in [0, 0.05) is 56.7 Å². The summed E-state index contributed by atoms with van der Waals surface area (Å²) < 4.78 is 26.5. The van der Waals surface area contributed by atoms with Crippen LogP contribution in [0.1, 0.15) is 44.1 Å². The van der Waals surface area contributed by atoms with Crippen molar-refractivity contribution < 1.29 is 8.42 Å². The monoisotopic (exact) mass is 533 g/mol. The highest BCUT2D eigenvalue weighted by atomic mass is 35.5. The fraction of sp³-hybridized carbons (Fsp3) is 0.600. The zero-order valence-corrected chi connectivity index (χ0v) is 22.6. The molecule has 2 heterocycles. The molecule has 1 aromatic heterocycles. The van der Waals surface area contributed by atoms with Crippen LogP contribution in [0.2, 0.25) is 5.02 Å². The first-order chi connectivity index (χ1) is 17.2. The van der Waals surface area contributed by atoms with Crippen molar-refractivity contribution in [2.45, 2.75) is 57.2 Å². The van der Waals surface area contributed by atoms with Crippen LogP contribution in [0.5, 0.6) is 0 Å². The van der Waals surface area contributed by atoms with Crippen molar-refractivity contribution >= 4 is 44.8 Å². The smallest absolute Gasteiger partial charge is 0.231 e. The van der Waals surface area contributed by atoms with Crippen molar-refractivity contribution in [2.75, 3.05) is 48.5 Å². The third-order valence-corrected chi connectivity index (χ3v) is 8.32. The Morgan fingerprint density at radius 2 is 1.97 bits per heavy atom. The molecular weight excluding hydrogens is 498 g/mol. The zero-order chi connectivity index (χ0) is 25.3. The van der Waals surface area contributed by atoms with Crippen LogP contribution in [0.25, 0.3) is 0 Å². The summed E-state index contributed by atoms with van der Waals surface area (Å²) in [5.74, 6) is 1.92. The van der Waals surface area contributed by atoms with Crippen LogP contribution in [0.4, 0.5) is 23.1 Å². The van der Waals surface area contributed by atoms with Crippen molar-refractivity contribution in [3.63, 3.8) is 0 Å². The van der Waals surface area contributed by atoms with Gasteiger partial charge in [0.2, 0.25) is 16.0 Å². The van der Waals surface area contributed by atoms with E-state index < -0.39 is 10.0 Å². The number of benzene rings is 1. The average molecular weight is 534 g/mol. The Bertz CT molecular complexity index is 1190. The molecule has 3 N–H and O–H groups in total. The van der Waals surface area contributed by atoms with Crippen LogP contribution in [0, 0.1) is 5.92 Å². The topological polar surface area (TPSA) is 102 Å². The van der Waals surface area contributed by atoms with Gasteiger partial charge in [-0.15, -0.1) is 0 Å². The van der Waals surface area contributed by atoms with Gasteiger partial charge < -0.3 is 15.5 Å². The molecule has 2 aromatic rings. The molecule has 2 fully saturated rings. The lowest BCUT2D eigenvalue weighted by Gasteiger charge is -2.33. The Labute approximate surface area is 219 Å².